The van der Waals surface area contributed by atoms with Crippen molar-refractivity contribution in [2.75, 3.05) is 20.2 Å². The number of hydrogen-bond acceptors (Lipinski definition) is 3. The van der Waals surface area contributed by atoms with Gasteiger partial charge in [0.05, 0.1) is 0 Å². The quantitative estimate of drug-likeness (QED) is 0.832. The number of ether oxygens (including phenoxy) is 1. The molecule has 0 heterocycles. The number of rotatable bonds is 7. The number of hydrogen-bond donors (Lipinski definition) is 1. The van der Waals surface area contributed by atoms with Gasteiger partial charge in [0.1, 0.15) is 0 Å². The maximum absolute atomic E-state index is 13.3. The van der Waals surface area contributed by atoms with Gasteiger partial charge < -0.3 is 15.4 Å². The van der Waals surface area contributed by atoms with E-state index >= 15 is 0 Å². The summed E-state index contributed by atoms with van der Waals surface area (Å²) < 4.78 is 18.5. The fraction of sp³-hybridized carbons (Fsp3) is 0.533. The SMILES string of the molecule is CC(C)C(N)CCN(C)C(=O)COc1ccccc1F. The van der Waals surface area contributed by atoms with Crippen LogP contribution < -0.4 is 10.5 Å². The Kier molecular flexibility index (Phi) is 6.45. The third kappa shape index (κ3) is 5.17. The summed E-state index contributed by atoms with van der Waals surface area (Å²) in [7, 11) is 1.69. The second-order valence-corrected chi connectivity index (χ2v) is 5.23. The summed E-state index contributed by atoms with van der Waals surface area (Å²) in [5, 5.41) is 0. The van der Waals surface area contributed by atoms with Crippen molar-refractivity contribution < 1.29 is 13.9 Å². The lowest BCUT2D eigenvalue weighted by Gasteiger charge is -2.21. The standard InChI is InChI=1S/C15H23FN2O2/c1-11(2)13(17)8-9-18(3)15(19)10-20-14-7-5-4-6-12(14)16/h4-7,11,13H,8-10,17H2,1-3H3. The van der Waals surface area contributed by atoms with Crippen LogP contribution in [-0.4, -0.2) is 37.0 Å². The first-order chi connectivity index (χ1) is 9.41. The van der Waals surface area contributed by atoms with Gasteiger partial charge >= 0.3 is 0 Å². The molecule has 0 fully saturated rings. The normalized spacial score (nSPS) is 12.3. The zero-order chi connectivity index (χ0) is 15.1. The van der Waals surface area contributed by atoms with Crippen molar-refractivity contribution in [3.63, 3.8) is 0 Å². The van der Waals surface area contributed by atoms with Gasteiger partial charge in [-0.25, -0.2) is 4.39 Å². The van der Waals surface area contributed by atoms with E-state index < -0.39 is 5.82 Å². The molecule has 0 spiro atoms. The lowest BCUT2D eigenvalue weighted by atomic mass is 10.0. The highest BCUT2D eigenvalue weighted by atomic mass is 19.1. The highest BCUT2D eigenvalue weighted by Crippen LogP contribution is 2.15. The summed E-state index contributed by atoms with van der Waals surface area (Å²) in [5.41, 5.74) is 5.93. The minimum Gasteiger partial charge on any atom is -0.481 e. The molecule has 0 aliphatic carbocycles. The van der Waals surface area contributed by atoms with E-state index in [0.29, 0.717) is 12.5 Å². The Morgan fingerprint density at radius 1 is 1.40 bits per heavy atom. The van der Waals surface area contributed by atoms with Crippen LogP contribution in [0.15, 0.2) is 24.3 Å². The molecule has 1 aromatic carbocycles. The van der Waals surface area contributed by atoms with E-state index in [9.17, 15) is 9.18 Å². The predicted molar refractivity (Wildman–Crippen MR) is 77.0 cm³/mol. The number of carbonyl (C=O) groups is 1. The molecule has 5 heteroatoms. The van der Waals surface area contributed by atoms with Crippen molar-refractivity contribution >= 4 is 5.91 Å². The predicted octanol–water partition coefficient (Wildman–Crippen LogP) is 2.04. The third-order valence-electron chi connectivity index (χ3n) is 3.27. The summed E-state index contributed by atoms with van der Waals surface area (Å²) in [6.07, 6.45) is 0.736. The number of benzene rings is 1. The average molecular weight is 282 g/mol. The van der Waals surface area contributed by atoms with Crippen molar-refractivity contribution in [3.05, 3.63) is 30.1 Å². The second kappa shape index (κ2) is 7.85. The Morgan fingerprint density at radius 3 is 2.65 bits per heavy atom. The van der Waals surface area contributed by atoms with Crippen LogP contribution in [0.3, 0.4) is 0 Å². The van der Waals surface area contributed by atoms with Gasteiger partial charge in [-0.2, -0.15) is 0 Å². The van der Waals surface area contributed by atoms with Crippen molar-refractivity contribution in [3.8, 4) is 5.75 Å². The maximum atomic E-state index is 13.3. The molecule has 0 aliphatic rings. The molecule has 0 bridgehead atoms. The smallest absolute Gasteiger partial charge is 0.260 e. The van der Waals surface area contributed by atoms with Crippen molar-refractivity contribution in [1.82, 2.24) is 4.90 Å². The molecule has 0 saturated heterocycles. The molecule has 0 saturated carbocycles. The Morgan fingerprint density at radius 2 is 2.05 bits per heavy atom. The van der Waals surface area contributed by atoms with E-state index in [-0.39, 0.29) is 24.3 Å². The second-order valence-electron chi connectivity index (χ2n) is 5.23. The van der Waals surface area contributed by atoms with E-state index in [1.165, 1.54) is 12.1 Å². The summed E-state index contributed by atoms with van der Waals surface area (Å²) in [6, 6.07) is 6.10. The van der Waals surface area contributed by atoms with Crippen LogP contribution in [0.2, 0.25) is 0 Å². The molecule has 20 heavy (non-hydrogen) atoms. The Hall–Kier alpha value is -1.62. The van der Waals surface area contributed by atoms with Gasteiger partial charge in [0.2, 0.25) is 0 Å². The molecule has 0 radical (unpaired) electrons. The monoisotopic (exact) mass is 282 g/mol. The third-order valence-corrected chi connectivity index (χ3v) is 3.27. The molecule has 1 amide bonds. The summed E-state index contributed by atoms with van der Waals surface area (Å²) in [6.45, 7) is 4.49. The molecule has 1 rings (SSSR count). The topological polar surface area (TPSA) is 55.6 Å². The number of amides is 1. The van der Waals surface area contributed by atoms with Gasteiger partial charge in [-0.15, -0.1) is 0 Å². The number of nitrogens with two attached hydrogens (primary N) is 1. The first kappa shape index (κ1) is 16.4. The average Bonchev–Trinajstić information content (AvgIpc) is 2.42. The largest absolute Gasteiger partial charge is 0.481 e. The highest BCUT2D eigenvalue weighted by Gasteiger charge is 2.14. The molecule has 112 valence electrons. The number of likely N-dealkylation sites (N-methyl/N-ethyl adjacent to an activating group) is 1. The van der Waals surface area contributed by atoms with Crippen LogP contribution in [-0.2, 0) is 4.79 Å². The highest BCUT2D eigenvalue weighted by molar-refractivity contribution is 5.77. The summed E-state index contributed by atoms with van der Waals surface area (Å²) in [5.74, 6) is -0.185. The first-order valence-corrected chi connectivity index (χ1v) is 6.78. The molecule has 0 aromatic heterocycles. The molecular formula is C15H23FN2O2. The zero-order valence-electron chi connectivity index (χ0n) is 12.3. The van der Waals surface area contributed by atoms with E-state index in [1.807, 2.05) is 13.8 Å². The van der Waals surface area contributed by atoms with E-state index in [2.05, 4.69) is 0 Å². The lowest BCUT2D eigenvalue weighted by molar-refractivity contribution is -0.132. The minimum atomic E-state index is -0.468. The van der Waals surface area contributed by atoms with E-state index in [1.54, 1.807) is 24.1 Å². The fourth-order valence-electron chi connectivity index (χ4n) is 1.61. The number of halogens is 1. The molecule has 1 aromatic rings. The Labute approximate surface area is 119 Å². The maximum Gasteiger partial charge on any atom is 0.260 e. The van der Waals surface area contributed by atoms with Crippen molar-refractivity contribution in [2.45, 2.75) is 26.3 Å². The number of para-hydroxylation sites is 1. The van der Waals surface area contributed by atoms with Crippen LogP contribution in [0, 0.1) is 11.7 Å². The zero-order valence-corrected chi connectivity index (χ0v) is 12.3. The lowest BCUT2D eigenvalue weighted by Crippen LogP contribution is -2.36. The summed E-state index contributed by atoms with van der Waals surface area (Å²) >= 11 is 0. The van der Waals surface area contributed by atoms with Crippen LogP contribution in [0.25, 0.3) is 0 Å². The molecule has 0 aliphatic heterocycles. The van der Waals surface area contributed by atoms with Gasteiger partial charge in [0, 0.05) is 19.6 Å². The Bertz CT molecular complexity index is 438. The number of carbonyl (C=O) groups excluding carboxylic acids is 1. The molecule has 1 unspecified atom stereocenters. The molecule has 4 nitrogen and oxygen atoms in total. The van der Waals surface area contributed by atoms with Crippen molar-refractivity contribution in [2.24, 2.45) is 11.7 Å². The van der Waals surface area contributed by atoms with Gasteiger partial charge in [0.15, 0.2) is 18.2 Å². The van der Waals surface area contributed by atoms with Crippen LogP contribution >= 0.6 is 0 Å². The van der Waals surface area contributed by atoms with Crippen LogP contribution in [0.5, 0.6) is 5.75 Å². The molecular weight excluding hydrogens is 259 g/mol. The minimum absolute atomic E-state index is 0.0673. The molecule has 2 N–H and O–H groups in total. The van der Waals surface area contributed by atoms with Gasteiger partial charge in [-0.3, -0.25) is 4.79 Å². The Balaban J connectivity index is 2.37. The molecule has 1 atom stereocenters. The van der Waals surface area contributed by atoms with Gasteiger partial charge in [-0.1, -0.05) is 26.0 Å². The first-order valence-electron chi connectivity index (χ1n) is 6.78. The van der Waals surface area contributed by atoms with Crippen molar-refractivity contribution in [1.29, 1.82) is 0 Å². The number of nitrogens with zero attached hydrogens (tertiary/aromatic N) is 1. The summed E-state index contributed by atoms with van der Waals surface area (Å²) in [4.78, 5) is 13.4. The van der Waals surface area contributed by atoms with Crippen LogP contribution in [0.1, 0.15) is 20.3 Å². The van der Waals surface area contributed by atoms with Gasteiger partial charge in [0.25, 0.3) is 5.91 Å². The van der Waals surface area contributed by atoms with E-state index in [4.69, 9.17) is 10.5 Å². The van der Waals surface area contributed by atoms with Crippen LogP contribution in [0.4, 0.5) is 4.39 Å². The fourth-order valence-corrected chi connectivity index (χ4v) is 1.61. The van der Waals surface area contributed by atoms with Gasteiger partial charge in [-0.05, 0) is 24.5 Å². The van der Waals surface area contributed by atoms with E-state index in [0.717, 1.165) is 6.42 Å².